The van der Waals surface area contributed by atoms with Crippen molar-refractivity contribution in [1.29, 1.82) is 0 Å². The van der Waals surface area contributed by atoms with Crippen molar-refractivity contribution < 1.29 is 18.8 Å². The summed E-state index contributed by atoms with van der Waals surface area (Å²) in [6.07, 6.45) is 6.50. The van der Waals surface area contributed by atoms with Crippen LogP contribution in [0, 0.1) is 0 Å². The average molecular weight is 479 g/mol. The van der Waals surface area contributed by atoms with Gasteiger partial charge in [0.05, 0.1) is 36.9 Å². The standard InChI is InChI=1S/C23H22N6O4S/c1-32-17-5-6-24-19(12-17)16-13-25-23(26-14-16)29-20-11-15(22(30)28-7-9-33-10-8-28)3-4-18(20)21(27-29)34(2)31/h3-6,11-14H,7-10H2,1-2H3. The van der Waals surface area contributed by atoms with E-state index in [4.69, 9.17) is 9.47 Å². The van der Waals surface area contributed by atoms with Crippen molar-refractivity contribution in [2.45, 2.75) is 5.03 Å². The molecule has 4 heterocycles. The lowest BCUT2D eigenvalue weighted by molar-refractivity contribution is 0.0303. The molecule has 0 bridgehead atoms. The molecule has 3 aromatic heterocycles. The molecule has 1 atom stereocenters. The van der Waals surface area contributed by atoms with Gasteiger partial charge in [0.25, 0.3) is 16.9 Å². The van der Waals surface area contributed by atoms with E-state index in [1.165, 1.54) is 4.68 Å². The molecule has 34 heavy (non-hydrogen) atoms. The van der Waals surface area contributed by atoms with Gasteiger partial charge in [-0.3, -0.25) is 9.78 Å². The highest BCUT2D eigenvalue weighted by Gasteiger charge is 2.24. The maximum Gasteiger partial charge on any atom is 0.271 e. The number of amides is 1. The minimum absolute atomic E-state index is 0.0857. The molecule has 0 saturated carbocycles. The Morgan fingerprint density at radius 1 is 1.12 bits per heavy atom. The normalized spacial score (nSPS) is 14.9. The van der Waals surface area contributed by atoms with Crippen LogP contribution in [0.15, 0.2) is 53.9 Å². The van der Waals surface area contributed by atoms with Crippen molar-refractivity contribution in [3.63, 3.8) is 0 Å². The molecule has 0 N–H and O–H groups in total. The zero-order chi connectivity index (χ0) is 23.7. The van der Waals surface area contributed by atoms with Crippen LogP contribution in [0.3, 0.4) is 0 Å². The summed E-state index contributed by atoms with van der Waals surface area (Å²) < 4.78 is 24.5. The van der Waals surface area contributed by atoms with E-state index in [2.05, 4.69) is 20.1 Å². The second-order valence-corrected chi connectivity index (χ2v) is 8.96. The number of nitrogens with zero attached hydrogens (tertiary/aromatic N) is 6. The molecule has 1 aliphatic heterocycles. The van der Waals surface area contributed by atoms with E-state index in [9.17, 15) is 9.35 Å². The van der Waals surface area contributed by atoms with Gasteiger partial charge < -0.3 is 18.9 Å². The number of fused-ring (bicyclic) bond motifs is 1. The summed E-state index contributed by atoms with van der Waals surface area (Å²) >= 11 is -1.34. The lowest BCUT2D eigenvalue weighted by Gasteiger charge is -2.26. The molecule has 1 unspecified atom stereocenters. The van der Waals surface area contributed by atoms with Crippen LogP contribution in [-0.4, -0.2) is 79.8 Å². The molecule has 1 saturated heterocycles. The summed E-state index contributed by atoms with van der Waals surface area (Å²) in [5.74, 6) is 0.890. The second kappa shape index (κ2) is 9.37. The molecule has 174 valence electrons. The first-order valence-corrected chi connectivity index (χ1v) is 12.2. The molecule has 4 aromatic rings. The van der Waals surface area contributed by atoms with Crippen molar-refractivity contribution in [3.05, 3.63) is 54.5 Å². The van der Waals surface area contributed by atoms with Crippen LogP contribution < -0.4 is 4.74 Å². The Hall–Kier alpha value is -3.54. The Labute approximate surface area is 198 Å². The summed E-state index contributed by atoms with van der Waals surface area (Å²) in [4.78, 5) is 28.0. The first-order chi connectivity index (χ1) is 16.5. The minimum atomic E-state index is -1.34. The smallest absolute Gasteiger partial charge is 0.271 e. The summed E-state index contributed by atoms with van der Waals surface area (Å²) in [5, 5.41) is 5.60. The van der Waals surface area contributed by atoms with Crippen LogP contribution in [0.5, 0.6) is 5.75 Å². The molecule has 10 nitrogen and oxygen atoms in total. The Balaban J connectivity index is 1.54. The van der Waals surface area contributed by atoms with Crippen molar-refractivity contribution in [1.82, 2.24) is 29.6 Å². The van der Waals surface area contributed by atoms with Gasteiger partial charge in [0, 0.05) is 60.0 Å². The summed E-state index contributed by atoms with van der Waals surface area (Å²) in [7, 11) is 1.59. The van der Waals surface area contributed by atoms with Gasteiger partial charge in [0.1, 0.15) is 12.0 Å². The molecule has 0 radical (unpaired) electrons. The number of carbonyl (C=O) groups excluding carboxylic acids is 1. The fraction of sp³-hybridized carbons (Fsp3) is 0.261. The zero-order valence-corrected chi connectivity index (χ0v) is 19.5. The van der Waals surface area contributed by atoms with Crippen molar-refractivity contribution in [3.8, 4) is 23.0 Å². The summed E-state index contributed by atoms with van der Waals surface area (Å²) in [6.45, 7) is 2.13. The number of carbonyl (C=O) groups is 1. The van der Waals surface area contributed by atoms with Crippen molar-refractivity contribution in [2.75, 3.05) is 39.7 Å². The minimum Gasteiger partial charge on any atom is -0.610 e. The monoisotopic (exact) mass is 478 g/mol. The van der Waals surface area contributed by atoms with E-state index in [0.29, 0.717) is 70.8 Å². The third-order valence-electron chi connectivity index (χ3n) is 5.56. The SMILES string of the molecule is COc1ccnc(-c2cnc(-n3nc([S+](C)[O-])c4ccc(C(=O)N5CCOCC5)cc43)nc2)c1. The highest BCUT2D eigenvalue weighted by molar-refractivity contribution is 7.90. The number of aromatic nitrogens is 5. The van der Waals surface area contributed by atoms with Gasteiger partial charge >= 0.3 is 0 Å². The molecule has 1 aromatic carbocycles. The van der Waals surface area contributed by atoms with E-state index in [1.807, 2.05) is 0 Å². The van der Waals surface area contributed by atoms with Gasteiger partial charge in [-0.25, -0.2) is 9.97 Å². The van der Waals surface area contributed by atoms with Gasteiger partial charge in [-0.15, -0.1) is 5.10 Å². The maximum absolute atomic E-state index is 13.0. The van der Waals surface area contributed by atoms with Crippen LogP contribution in [0.2, 0.25) is 0 Å². The highest BCUT2D eigenvalue weighted by atomic mass is 32.2. The van der Waals surface area contributed by atoms with E-state index in [1.54, 1.807) is 67.2 Å². The van der Waals surface area contributed by atoms with Gasteiger partial charge in [0.2, 0.25) is 0 Å². The number of hydrogen-bond donors (Lipinski definition) is 0. The van der Waals surface area contributed by atoms with Crippen LogP contribution in [0.4, 0.5) is 0 Å². The molecule has 1 amide bonds. The van der Waals surface area contributed by atoms with Gasteiger partial charge in [-0.1, -0.05) is 0 Å². The number of ether oxygens (including phenoxy) is 2. The highest BCUT2D eigenvalue weighted by Crippen LogP contribution is 2.27. The summed E-state index contributed by atoms with van der Waals surface area (Å²) in [6, 6.07) is 8.82. The van der Waals surface area contributed by atoms with Crippen LogP contribution in [0.25, 0.3) is 28.1 Å². The Morgan fingerprint density at radius 3 is 2.59 bits per heavy atom. The molecule has 0 aliphatic carbocycles. The Bertz CT molecular complexity index is 1340. The van der Waals surface area contributed by atoms with E-state index < -0.39 is 11.2 Å². The number of hydrogen-bond acceptors (Lipinski definition) is 8. The van der Waals surface area contributed by atoms with Gasteiger partial charge in [0.15, 0.2) is 0 Å². The van der Waals surface area contributed by atoms with E-state index >= 15 is 0 Å². The molecule has 0 spiro atoms. The maximum atomic E-state index is 13.0. The quantitative estimate of drug-likeness (QED) is 0.400. The predicted octanol–water partition coefficient (Wildman–Crippen LogP) is 2.10. The second-order valence-electron chi connectivity index (χ2n) is 7.66. The number of morpholine rings is 1. The lowest BCUT2D eigenvalue weighted by atomic mass is 10.1. The Kier molecular flexibility index (Phi) is 6.14. The third kappa shape index (κ3) is 4.20. The molecule has 11 heteroatoms. The Morgan fingerprint density at radius 2 is 1.88 bits per heavy atom. The van der Waals surface area contributed by atoms with Crippen molar-refractivity contribution >= 4 is 28.0 Å². The molecular weight excluding hydrogens is 456 g/mol. The first kappa shape index (κ1) is 22.3. The van der Waals surface area contributed by atoms with Crippen molar-refractivity contribution in [2.24, 2.45) is 0 Å². The van der Waals surface area contributed by atoms with Gasteiger partial charge in [-0.2, -0.15) is 4.68 Å². The van der Waals surface area contributed by atoms with Crippen LogP contribution >= 0.6 is 0 Å². The number of pyridine rings is 1. The largest absolute Gasteiger partial charge is 0.610 e. The predicted molar refractivity (Wildman–Crippen MR) is 125 cm³/mol. The zero-order valence-electron chi connectivity index (χ0n) is 18.7. The molecular formula is C23H22N6O4S. The fourth-order valence-electron chi connectivity index (χ4n) is 3.79. The first-order valence-electron chi connectivity index (χ1n) is 10.6. The van der Waals surface area contributed by atoms with Crippen LogP contribution in [-0.2, 0) is 15.9 Å². The molecule has 5 rings (SSSR count). The number of methoxy groups -OCH3 is 1. The topological polar surface area (TPSA) is 118 Å². The average Bonchev–Trinajstić information content (AvgIpc) is 3.28. The molecule has 1 aliphatic rings. The number of rotatable bonds is 5. The lowest BCUT2D eigenvalue weighted by Crippen LogP contribution is -2.40. The summed E-state index contributed by atoms with van der Waals surface area (Å²) in [5.41, 5.74) is 2.50. The van der Waals surface area contributed by atoms with Gasteiger partial charge in [-0.05, 0) is 24.3 Å². The fourth-order valence-corrected chi connectivity index (χ4v) is 4.47. The van der Waals surface area contributed by atoms with Crippen LogP contribution in [0.1, 0.15) is 10.4 Å². The van der Waals surface area contributed by atoms with E-state index in [0.717, 1.165) is 0 Å². The van der Waals surface area contributed by atoms with E-state index in [-0.39, 0.29) is 5.91 Å². The third-order valence-corrected chi connectivity index (χ3v) is 6.40. The molecule has 1 fully saturated rings. The number of benzene rings is 1.